The quantitative estimate of drug-likeness (QED) is 0.262. The van der Waals surface area contributed by atoms with Gasteiger partial charge in [0, 0.05) is 19.0 Å². The van der Waals surface area contributed by atoms with Crippen LogP contribution < -0.4 is 9.44 Å². The van der Waals surface area contributed by atoms with E-state index in [1.165, 1.54) is 0 Å². The van der Waals surface area contributed by atoms with Crippen LogP contribution in [0.3, 0.4) is 0 Å². The number of benzene rings is 2. The summed E-state index contributed by atoms with van der Waals surface area (Å²) in [5, 5.41) is 0. The zero-order valence-electron chi connectivity index (χ0n) is 19.3. The third kappa shape index (κ3) is 8.87. The Balaban J connectivity index is 1.90. The fourth-order valence-electron chi connectivity index (χ4n) is 2.95. The molecule has 0 heterocycles. The SMILES string of the molecule is Cc1ccc(S(=O)(=O)NCCC#C[C@@H](Br)C[C@@H](NS(=O)(=O)c2ccc(C)cc2)C(C)C)cc1. The maximum Gasteiger partial charge on any atom is 0.240 e. The predicted molar refractivity (Wildman–Crippen MR) is 136 cm³/mol. The van der Waals surface area contributed by atoms with Gasteiger partial charge in [-0.3, -0.25) is 0 Å². The fourth-order valence-corrected chi connectivity index (χ4v) is 5.95. The summed E-state index contributed by atoms with van der Waals surface area (Å²) in [7, 11) is -7.20. The summed E-state index contributed by atoms with van der Waals surface area (Å²) in [4.78, 5) is 0.219. The highest BCUT2D eigenvalue weighted by atomic mass is 79.9. The van der Waals surface area contributed by atoms with Gasteiger partial charge in [-0.1, -0.05) is 71.1 Å². The number of aryl methyl sites for hydroxylation is 2. The van der Waals surface area contributed by atoms with Crippen molar-refractivity contribution in [2.75, 3.05) is 6.54 Å². The Kier molecular flexibility index (Phi) is 10.1. The number of rotatable bonds is 10. The van der Waals surface area contributed by atoms with E-state index >= 15 is 0 Å². The molecule has 0 aliphatic carbocycles. The Morgan fingerprint density at radius 3 is 1.82 bits per heavy atom. The molecule has 180 valence electrons. The molecule has 2 aromatic carbocycles. The lowest BCUT2D eigenvalue weighted by molar-refractivity contribution is 0.432. The number of hydrogen-bond donors (Lipinski definition) is 2. The first-order chi connectivity index (χ1) is 15.4. The summed E-state index contributed by atoms with van der Waals surface area (Å²) in [6, 6.07) is 13.1. The van der Waals surface area contributed by atoms with E-state index in [9.17, 15) is 16.8 Å². The van der Waals surface area contributed by atoms with E-state index in [1.54, 1.807) is 48.5 Å². The first-order valence-electron chi connectivity index (χ1n) is 10.7. The van der Waals surface area contributed by atoms with Crippen molar-refractivity contribution in [3.8, 4) is 11.8 Å². The molecule has 0 amide bonds. The summed E-state index contributed by atoms with van der Waals surface area (Å²) in [6.07, 6.45) is 0.819. The molecule has 2 N–H and O–H groups in total. The first kappa shape index (κ1) is 27.5. The van der Waals surface area contributed by atoms with E-state index in [4.69, 9.17) is 0 Å². The molecular formula is C24H31BrN2O4S2. The summed E-state index contributed by atoms with van der Waals surface area (Å²) in [5.41, 5.74) is 1.98. The van der Waals surface area contributed by atoms with E-state index in [-0.39, 0.29) is 33.1 Å². The Morgan fingerprint density at radius 2 is 1.33 bits per heavy atom. The highest BCUT2D eigenvalue weighted by Gasteiger charge is 2.24. The van der Waals surface area contributed by atoms with Crippen LogP contribution in [0.25, 0.3) is 0 Å². The Morgan fingerprint density at radius 1 is 0.848 bits per heavy atom. The molecule has 0 saturated carbocycles. The average Bonchev–Trinajstić information content (AvgIpc) is 2.73. The summed E-state index contributed by atoms with van der Waals surface area (Å²) in [5.74, 6) is 6.06. The molecule has 0 aliphatic rings. The maximum atomic E-state index is 12.7. The highest BCUT2D eigenvalue weighted by Crippen LogP contribution is 2.18. The van der Waals surface area contributed by atoms with Gasteiger partial charge in [0.05, 0.1) is 14.6 Å². The van der Waals surface area contributed by atoms with Crippen molar-refractivity contribution >= 4 is 36.0 Å². The molecule has 2 atom stereocenters. The second-order valence-corrected chi connectivity index (χ2v) is 12.9. The maximum absolute atomic E-state index is 12.7. The minimum atomic E-state index is -3.64. The van der Waals surface area contributed by atoms with Crippen molar-refractivity contribution in [3.63, 3.8) is 0 Å². The van der Waals surface area contributed by atoms with Crippen LogP contribution in [0.2, 0.25) is 0 Å². The van der Waals surface area contributed by atoms with Crippen LogP contribution >= 0.6 is 15.9 Å². The monoisotopic (exact) mass is 554 g/mol. The third-order valence-electron chi connectivity index (χ3n) is 5.04. The van der Waals surface area contributed by atoms with Crippen LogP contribution in [0.15, 0.2) is 58.3 Å². The molecule has 6 nitrogen and oxygen atoms in total. The Labute approximate surface area is 206 Å². The zero-order valence-corrected chi connectivity index (χ0v) is 22.5. The molecule has 0 spiro atoms. The van der Waals surface area contributed by atoms with Crippen molar-refractivity contribution in [2.24, 2.45) is 5.92 Å². The molecule has 2 rings (SSSR count). The molecule has 0 fully saturated rings. The van der Waals surface area contributed by atoms with Crippen molar-refractivity contribution in [1.29, 1.82) is 0 Å². The first-order valence-corrected chi connectivity index (χ1v) is 14.6. The standard InChI is InChI=1S/C24H31BrN2O4S2/c1-18(2)24(27-33(30,31)23-14-10-20(4)11-15-23)17-21(25)7-5-6-16-26-32(28,29)22-12-8-19(3)9-13-22/h8-15,18,21,24,26-27H,6,16-17H2,1-4H3/t21-,24-/m1/s1. The number of alkyl halides is 1. The van der Waals surface area contributed by atoms with Crippen LogP contribution in [-0.2, 0) is 20.0 Å². The van der Waals surface area contributed by atoms with Crippen molar-refractivity contribution in [1.82, 2.24) is 9.44 Å². The van der Waals surface area contributed by atoms with Gasteiger partial charge in [-0.2, -0.15) is 0 Å². The van der Waals surface area contributed by atoms with Crippen LogP contribution in [0, 0.1) is 31.6 Å². The molecule has 0 radical (unpaired) electrons. The van der Waals surface area contributed by atoms with E-state index in [2.05, 4.69) is 37.2 Å². The fraction of sp³-hybridized carbons (Fsp3) is 0.417. The summed E-state index contributed by atoms with van der Waals surface area (Å²) in [6.45, 7) is 7.90. The Bertz CT molecular complexity index is 1180. The third-order valence-corrected chi connectivity index (χ3v) is 8.62. The van der Waals surface area contributed by atoms with Crippen LogP contribution in [0.5, 0.6) is 0 Å². The molecule has 9 heteroatoms. The van der Waals surface area contributed by atoms with Gasteiger partial charge >= 0.3 is 0 Å². The minimum absolute atomic E-state index is 0.0633. The van der Waals surface area contributed by atoms with Crippen molar-refractivity contribution in [3.05, 3.63) is 59.7 Å². The molecule has 0 aromatic heterocycles. The summed E-state index contributed by atoms with van der Waals surface area (Å²) >= 11 is 3.51. The lowest BCUT2D eigenvalue weighted by atomic mass is 10.0. The molecule has 33 heavy (non-hydrogen) atoms. The topological polar surface area (TPSA) is 92.3 Å². The number of halogens is 1. The molecule has 0 bridgehead atoms. The van der Waals surface area contributed by atoms with Gasteiger partial charge < -0.3 is 0 Å². The van der Waals surface area contributed by atoms with Gasteiger partial charge in [-0.15, -0.1) is 5.92 Å². The minimum Gasteiger partial charge on any atom is -0.210 e. The highest BCUT2D eigenvalue weighted by molar-refractivity contribution is 9.09. The lowest BCUT2D eigenvalue weighted by Crippen LogP contribution is -2.39. The Hall–Kier alpha value is -1.70. The van der Waals surface area contributed by atoms with Gasteiger partial charge in [-0.25, -0.2) is 26.3 Å². The second kappa shape index (κ2) is 12.1. The second-order valence-electron chi connectivity index (χ2n) is 8.27. The largest absolute Gasteiger partial charge is 0.240 e. The predicted octanol–water partition coefficient (Wildman–Crippen LogP) is 4.13. The van der Waals surface area contributed by atoms with Crippen molar-refractivity contribution < 1.29 is 16.8 Å². The normalized spacial score (nSPS) is 13.9. The van der Waals surface area contributed by atoms with Gasteiger partial charge in [0.2, 0.25) is 20.0 Å². The lowest BCUT2D eigenvalue weighted by Gasteiger charge is -2.23. The van der Waals surface area contributed by atoms with Gasteiger partial charge in [0.15, 0.2) is 0 Å². The summed E-state index contributed by atoms with van der Waals surface area (Å²) < 4.78 is 55.4. The smallest absolute Gasteiger partial charge is 0.210 e. The van der Waals surface area contributed by atoms with E-state index in [1.807, 2.05) is 27.7 Å². The van der Waals surface area contributed by atoms with E-state index < -0.39 is 20.0 Å². The number of hydrogen-bond acceptors (Lipinski definition) is 4. The van der Waals surface area contributed by atoms with Crippen LogP contribution in [-0.4, -0.2) is 34.2 Å². The van der Waals surface area contributed by atoms with Gasteiger partial charge in [0.25, 0.3) is 0 Å². The average molecular weight is 556 g/mol. The van der Waals surface area contributed by atoms with Crippen LogP contribution in [0.1, 0.15) is 37.8 Å². The molecular weight excluding hydrogens is 524 g/mol. The molecule has 0 aliphatic heterocycles. The van der Waals surface area contributed by atoms with Crippen molar-refractivity contribution in [2.45, 2.75) is 61.2 Å². The molecule has 0 unspecified atom stereocenters. The van der Waals surface area contributed by atoms with E-state index in [0.717, 1.165) is 11.1 Å². The van der Waals surface area contributed by atoms with Gasteiger partial charge in [0.1, 0.15) is 0 Å². The number of nitrogens with one attached hydrogen (secondary N) is 2. The molecule has 0 saturated heterocycles. The molecule has 2 aromatic rings. The van der Waals surface area contributed by atoms with Gasteiger partial charge in [-0.05, 0) is 50.5 Å². The van der Waals surface area contributed by atoms with E-state index in [0.29, 0.717) is 12.8 Å². The zero-order chi connectivity index (χ0) is 24.6. The number of sulfonamides is 2. The van der Waals surface area contributed by atoms with Crippen LogP contribution in [0.4, 0.5) is 0 Å².